The maximum Gasteiger partial charge on any atom is 0.305 e. The Bertz CT molecular complexity index is 1210. The van der Waals surface area contributed by atoms with Crippen molar-refractivity contribution in [3.05, 3.63) is 99.7 Å². The number of thiazole rings is 1. The van der Waals surface area contributed by atoms with Gasteiger partial charge in [-0.05, 0) is 47.5 Å². The largest absolute Gasteiger partial charge is 0.489 e. The molecule has 0 aliphatic heterocycles. The lowest BCUT2D eigenvalue weighted by Crippen LogP contribution is -2.07. The van der Waals surface area contributed by atoms with Crippen LogP contribution in [-0.4, -0.2) is 10.9 Å². The molecule has 2 N–H and O–H groups in total. The van der Waals surface area contributed by atoms with Crippen molar-refractivity contribution in [1.29, 1.82) is 0 Å². The molecule has 4 aromatic rings. The van der Waals surface area contributed by atoms with Crippen molar-refractivity contribution in [2.45, 2.75) is 6.61 Å². The van der Waals surface area contributed by atoms with Crippen molar-refractivity contribution in [3.8, 4) is 5.75 Å². The Labute approximate surface area is 171 Å². The third kappa shape index (κ3) is 5.00. The maximum atomic E-state index is 12.2. The molecule has 0 aliphatic carbocycles. The number of nitrogens with one attached hydrogen (secondary N) is 2. The lowest BCUT2D eigenvalue weighted by atomic mass is 10.2. The number of ether oxygens (including phenoxy) is 1. The Kier molecular flexibility index (Phi) is 5.54. The van der Waals surface area contributed by atoms with Crippen LogP contribution >= 0.6 is 11.3 Å². The molecule has 0 bridgehead atoms. The number of carbonyl (C=O) groups is 1. The molecule has 1 aromatic heterocycles. The Morgan fingerprint density at radius 3 is 2.62 bits per heavy atom. The number of anilines is 1. The minimum Gasteiger partial charge on any atom is -0.489 e. The zero-order valence-electron chi connectivity index (χ0n) is 15.4. The summed E-state index contributed by atoms with van der Waals surface area (Å²) < 4.78 is 6.57. The van der Waals surface area contributed by atoms with E-state index in [4.69, 9.17) is 4.74 Å². The monoisotopic (exact) mass is 402 g/mol. The summed E-state index contributed by atoms with van der Waals surface area (Å²) in [6.45, 7) is 0.513. The van der Waals surface area contributed by atoms with E-state index < -0.39 is 0 Å². The molecule has 0 unspecified atom stereocenters. The maximum absolute atomic E-state index is 12.2. The SMILES string of the molecule is O=C(C=Cc1ccc(OCc2ccccc2)cc1)Nc1ccc2[nH]c(=O)sc2c1. The van der Waals surface area contributed by atoms with Gasteiger partial charge in [-0.3, -0.25) is 9.59 Å². The molecule has 0 saturated heterocycles. The number of amides is 1. The second-order valence-electron chi connectivity index (χ2n) is 6.39. The van der Waals surface area contributed by atoms with Crippen molar-refractivity contribution in [3.63, 3.8) is 0 Å². The highest BCUT2D eigenvalue weighted by Crippen LogP contribution is 2.20. The van der Waals surface area contributed by atoms with Gasteiger partial charge in [-0.15, -0.1) is 0 Å². The first-order valence-electron chi connectivity index (χ1n) is 9.04. The molecule has 5 nitrogen and oxygen atoms in total. The Hall–Kier alpha value is -3.64. The molecule has 29 heavy (non-hydrogen) atoms. The molecule has 6 heteroatoms. The van der Waals surface area contributed by atoms with Crippen LogP contribution in [0.25, 0.3) is 16.3 Å². The number of benzene rings is 3. The number of rotatable bonds is 6. The van der Waals surface area contributed by atoms with Gasteiger partial charge in [0.15, 0.2) is 0 Å². The first-order valence-corrected chi connectivity index (χ1v) is 9.86. The summed E-state index contributed by atoms with van der Waals surface area (Å²) in [5.41, 5.74) is 3.42. The van der Waals surface area contributed by atoms with Crippen LogP contribution in [0.15, 0.2) is 83.7 Å². The van der Waals surface area contributed by atoms with E-state index in [0.29, 0.717) is 12.3 Å². The van der Waals surface area contributed by atoms with Crippen molar-refractivity contribution < 1.29 is 9.53 Å². The van der Waals surface area contributed by atoms with Crippen molar-refractivity contribution in [1.82, 2.24) is 4.98 Å². The van der Waals surface area contributed by atoms with E-state index in [9.17, 15) is 9.59 Å². The van der Waals surface area contributed by atoms with E-state index in [1.165, 1.54) is 6.08 Å². The topological polar surface area (TPSA) is 71.2 Å². The van der Waals surface area contributed by atoms with Gasteiger partial charge in [-0.1, -0.05) is 53.8 Å². The molecule has 0 spiro atoms. The van der Waals surface area contributed by atoms with E-state index in [2.05, 4.69) is 10.3 Å². The van der Waals surface area contributed by atoms with Crippen LogP contribution in [0.4, 0.5) is 5.69 Å². The Morgan fingerprint density at radius 2 is 1.83 bits per heavy atom. The van der Waals surface area contributed by atoms with Gasteiger partial charge in [0.1, 0.15) is 12.4 Å². The highest BCUT2D eigenvalue weighted by Gasteiger charge is 2.03. The van der Waals surface area contributed by atoms with E-state index in [-0.39, 0.29) is 10.8 Å². The van der Waals surface area contributed by atoms with Gasteiger partial charge in [0.25, 0.3) is 0 Å². The first kappa shape index (κ1) is 18.7. The van der Waals surface area contributed by atoms with Gasteiger partial charge in [0, 0.05) is 11.8 Å². The fourth-order valence-electron chi connectivity index (χ4n) is 2.80. The lowest BCUT2D eigenvalue weighted by Gasteiger charge is -2.06. The minimum atomic E-state index is -0.239. The molecular formula is C23H18N2O3S. The molecular weight excluding hydrogens is 384 g/mol. The highest BCUT2D eigenvalue weighted by molar-refractivity contribution is 7.16. The quantitative estimate of drug-likeness (QED) is 0.454. The zero-order valence-corrected chi connectivity index (χ0v) is 16.2. The van der Waals surface area contributed by atoms with Crippen molar-refractivity contribution >= 4 is 39.2 Å². The number of H-pyrrole nitrogens is 1. The first-order chi connectivity index (χ1) is 14.2. The molecule has 1 amide bonds. The second kappa shape index (κ2) is 8.58. The van der Waals surface area contributed by atoms with Gasteiger partial charge in [-0.25, -0.2) is 0 Å². The zero-order chi connectivity index (χ0) is 20.1. The van der Waals surface area contributed by atoms with Crippen LogP contribution in [0, 0.1) is 0 Å². The van der Waals surface area contributed by atoms with Gasteiger partial charge < -0.3 is 15.0 Å². The molecule has 0 aliphatic rings. The number of aromatic amines is 1. The smallest absolute Gasteiger partial charge is 0.305 e. The Balaban J connectivity index is 1.33. The fourth-order valence-corrected chi connectivity index (χ4v) is 3.57. The predicted molar refractivity (Wildman–Crippen MR) is 117 cm³/mol. The normalized spacial score (nSPS) is 11.0. The van der Waals surface area contributed by atoms with Crippen LogP contribution < -0.4 is 14.9 Å². The second-order valence-corrected chi connectivity index (χ2v) is 7.41. The minimum absolute atomic E-state index is 0.112. The van der Waals surface area contributed by atoms with Crippen LogP contribution in [0.5, 0.6) is 5.75 Å². The van der Waals surface area contributed by atoms with Gasteiger partial charge in [0.05, 0.1) is 10.2 Å². The van der Waals surface area contributed by atoms with Crippen LogP contribution in [0.3, 0.4) is 0 Å². The molecule has 0 radical (unpaired) electrons. The third-order valence-corrected chi connectivity index (χ3v) is 5.09. The van der Waals surface area contributed by atoms with Crippen molar-refractivity contribution in [2.75, 3.05) is 5.32 Å². The van der Waals surface area contributed by atoms with Gasteiger partial charge >= 0.3 is 4.87 Å². The summed E-state index contributed by atoms with van der Waals surface area (Å²) in [7, 11) is 0. The summed E-state index contributed by atoms with van der Waals surface area (Å²) in [6.07, 6.45) is 3.22. The van der Waals surface area contributed by atoms with Crippen LogP contribution in [0.1, 0.15) is 11.1 Å². The fraction of sp³-hybridized carbons (Fsp3) is 0.0435. The summed E-state index contributed by atoms with van der Waals surface area (Å²) in [5.74, 6) is 0.533. The average molecular weight is 402 g/mol. The standard InChI is InChI=1S/C23H18N2O3S/c26-22(24-18-9-12-20-21(14-18)29-23(27)25-20)13-8-16-6-10-19(11-7-16)28-15-17-4-2-1-3-5-17/h1-14H,15H2,(H,24,26)(H,25,27). The number of aromatic nitrogens is 1. The van der Waals surface area contributed by atoms with E-state index in [1.54, 1.807) is 24.3 Å². The van der Waals surface area contributed by atoms with Crippen molar-refractivity contribution in [2.24, 2.45) is 0 Å². The summed E-state index contributed by atoms with van der Waals surface area (Å²) in [5, 5.41) is 2.80. The van der Waals surface area contributed by atoms with E-state index in [0.717, 1.165) is 38.4 Å². The number of fused-ring (bicyclic) bond motifs is 1. The molecule has 4 rings (SSSR count). The lowest BCUT2D eigenvalue weighted by molar-refractivity contribution is -0.111. The third-order valence-electron chi connectivity index (χ3n) is 4.24. The number of hydrogen-bond donors (Lipinski definition) is 2. The molecule has 1 heterocycles. The van der Waals surface area contributed by atoms with Gasteiger partial charge in [0.2, 0.25) is 5.91 Å². The molecule has 0 atom stereocenters. The molecule has 3 aromatic carbocycles. The molecule has 0 saturated carbocycles. The van der Waals surface area contributed by atoms with Crippen LogP contribution in [-0.2, 0) is 11.4 Å². The highest BCUT2D eigenvalue weighted by atomic mass is 32.1. The number of hydrogen-bond acceptors (Lipinski definition) is 4. The Morgan fingerprint density at radius 1 is 1.03 bits per heavy atom. The van der Waals surface area contributed by atoms with E-state index >= 15 is 0 Å². The summed E-state index contributed by atoms with van der Waals surface area (Å²) >= 11 is 1.12. The molecule has 144 valence electrons. The molecule has 0 fully saturated rings. The number of carbonyl (C=O) groups excluding carboxylic acids is 1. The summed E-state index contributed by atoms with van der Waals surface area (Å²) in [4.78, 5) is 26.2. The van der Waals surface area contributed by atoms with Gasteiger partial charge in [-0.2, -0.15) is 0 Å². The predicted octanol–water partition coefficient (Wildman–Crippen LogP) is 4.82. The average Bonchev–Trinajstić information content (AvgIpc) is 3.11. The summed E-state index contributed by atoms with van der Waals surface area (Å²) in [6, 6.07) is 22.8. The van der Waals surface area contributed by atoms with E-state index in [1.807, 2.05) is 54.6 Å². The van der Waals surface area contributed by atoms with Crippen LogP contribution in [0.2, 0.25) is 0 Å².